The van der Waals surface area contributed by atoms with E-state index in [0.29, 0.717) is 47.5 Å². The Labute approximate surface area is 201 Å². The molecule has 1 saturated heterocycles. The number of carbonyl (C=O) groups excluding carboxylic acids is 1. The van der Waals surface area contributed by atoms with Crippen LogP contribution in [0.3, 0.4) is 0 Å². The molecule has 2 aromatic heterocycles. The lowest BCUT2D eigenvalue weighted by Gasteiger charge is -2.17. The van der Waals surface area contributed by atoms with E-state index in [1.54, 1.807) is 36.2 Å². The summed E-state index contributed by atoms with van der Waals surface area (Å²) < 4.78 is 27.3. The number of pyridine rings is 1. The van der Waals surface area contributed by atoms with Gasteiger partial charge in [0.25, 0.3) is 0 Å². The average Bonchev–Trinajstić information content (AvgIpc) is 3.29. The lowest BCUT2D eigenvalue weighted by Crippen LogP contribution is -2.34. The summed E-state index contributed by atoms with van der Waals surface area (Å²) in [6.07, 6.45) is 5.53. The number of fused-ring (bicyclic) bond motifs is 1. The van der Waals surface area contributed by atoms with Gasteiger partial charge >= 0.3 is 0 Å². The first-order valence-corrected chi connectivity index (χ1v) is 11.0. The van der Waals surface area contributed by atoms with Crippen molar-refractivity contribution >= 4 is 35.2 Å². The number of rotatable bonds is 8. The number of methoxy groups -OCH3 is 2. The first-order chi connectivity index (χ1) is 17.0. The van der Waals surface area contributed by atoms with Crippen LogP contribution in [0.1, 0.15) is 24.5 Å². The molecule has 1 aromatic carbocycles. The third kappa shape index (κ3) is 5.03. The quantitative estimate of drug-likeness (QED) is 0.480. The number of hydrogen-bond acceptors (Lipinski definition) is 8. The summed E-state index contributed by atoms with van der Waals surface area (Å²) in [7, 11) is 4.48. The monoisotopic (exact) mass is 479 g/mol. The van der Waals surface area contributed by atoms with Gasteiger partial charge in [-0.1, -0.05) is 0 Å². The van der Waals surface area contributed by atoms with Crippen molar-refractivity contribution in [3.63, 3.8) is 0 Å². The van der Waals surface area contributed by atoms with Crippen molar-refractivity contribution in [1.29, 1.82) is 5.41 Å². The van der Waals surface area contributed by atoms with Gasteiger partial charge in [-0.2, -0.15) is 0 Å². The van der Waals surface area contributed by atoms with Crippen molar-refractivity contribution in [2.75, 3.05) is 21.3 Å². The van der Waals surface area contributed by atoms with E-state index in [2.05, 4.69) is 20.3 Å². The first kappa shape index (κ1) is 24.0. The summed E-state index contributed by atoms with van der Waals surface area (Å²) in [6, 6.07) is 6.26. The average molecular weight is 480 g/mol. The number of hydrogen-bond donors (Lipinski definition) is 2. The number of nitrogens with one attached hydrogen (secondary N) is 2. The van der Waals surface area contributed by atoms with Crippen molar-refractivity contribution in [3.8, 4) is 11.5 Å². The van der Waals surface area contributed by atoms with Crippen LogP contribution in [0, 0.1) is 11.2 Å². The number of ether oxygens (including phenoxy) is 2. The second kappa shape index (κ2) is 10.4. The second-order valence-corrected chi connectivity index (χ2v) is 7.98. The third-order valence-corrected chi connectivity index (χ3v) is 5.73. The Balaban J connectivity index is 1.95. The Hall–Kier alpha value is -4.15. The molecule has 0 bridgehead atoms. The molecular formula is C24H26FN7O3. The maximum absolute atomic E-state index is 15.1. The molecule has 0 radical (unpaired) electrons. The van der Waals surface area contributed by atoms with Crippen LogP contribution >= 0.6 is 0 Å². The predicted octanol–water partition coefficient (Wildman–Crippen LogP) is 2.53. The van der Waals surface area contributed by atoms with Crippen molar-refractivity contribution in [3.05, 3.63) is 47.5 Å². The molecule has 0 saturated carbocycles. The molecule has 10 nitrogen and oxygen atoms in total. The van der Waals surface area contributed by atoms with Crippen LogP contribution < -0.4 is 20.3 Å². The van der Waals surface area contributed by atoms with E-state index in [0.717, 1.165) is 0 Å². The lowest BCUT2D eigenvalue weighted by molar-refractivity contribution is -0.119. The number of aromatic nitrogens is 3. The van der Waals surface area contributed by atoms with Gasteiger partial charge in [-0.25, -0.2) is 14.4 Å². The first-order valence-electron chi connectivity index (χ1n) is 11.0. The zero-order valence-corrected chi connectivity index (χ0v) is 19.7. The minimum Gasteiger partial charge on any atom is -0.497 e. The molecule has 1 amide bonds. The number of aliphatic imine (C=N–C) groups is 1. The number of halogens is 1. The topological polar surface area (TPSA) is 127 Å². The van der Waals surface area contributed by atoms with Crippen LogP contribution in [0.25, 0.3) is 11.2 Å². The highest BCUT2D eigenvalue weighted by atomic mass is 19.1. The molecule has 35 heavy (non-hydrogen) atoms. The molecule has 182 valence electrons. The number of benzene rings is 1. The molecule has 4 rings (SSSR count). The van der Waals surface area contributed by atoms with E-state index in [-0.39, 0.29) is 23.4 Å². The molecule has 3 heterocycles. The van der Waals surface area contributed by atoms with Gasteiger partial charge in [-0.15, -0.1) is 0 Å². The van der Waals surface area contributed by atoms with Crippen molar-refractivity contribution < 1.29 is 18.7 Å². The Morgan fingerprint density at radius 2 is 2.17 bits per heavy atom. The van der Waals surface area contributed by atoms with Gasteiger partial charge in [0.15, 0.2) is 17.2 Å². The third-order valence-electron chi connectivity index (χ3n) is 5.73. The van der Waals surface area contributed by atoms with Crippen LogP contribution in [-0.4, -0.2) is 60.2 Å². The van der Waals surface area contributed by atoms with Gasteiger partial charge in [0, 0.05) is 50.6 Å². The van der Waals surface area contributed by atoms with Gasteiger partial charge in [-0.3, -0.25) is 14.8 Å². The summed E-state index contributed by atoms with van der Waals surface area (Å²) in [5.74, 6) is -0.692. The van der Waals surface area contributed by atoms with Gasteiger partial charge < -0.3 is 24.8 Å². The van der Waals surface area contributed by atoms with Crippen molar-refractivity contribution in [2.24, 2.45) is 9.98 Å². The van der Waals surface area contributed by atoms with Crippen LogP contribution in [-0.2, 0) is 11.3 Å². The van der Waals surface area contributed by atoms with Gasteiger partial charge in [0.05, 0.1) is 32.0 Å². The number of carbonyl (C=O) groups is 1. The highest BCUT2D eigenvalue weighted by Gasteiger charge is 2.23. The van der Waals surface area contributed by atoms with E-state index in [9.17, 15) is 4.79 Å². The van der Waals surface area contributed by atoms with Gasteiger partial charge in [-0.05, 0) is 18.6 Å². The van der Waals surface area contributed by atoms with Crippen LogP contribution in [0.4, 0.5) is 10.1 Å². The second-order valence-electron chi connectivity index (χ2n) is 7.98. The molecule has 1 fully saturated rings. The van der Waals surface area contributed by atoms with Gasteiger partial charge in [0.2, 0.25) is 5.91 Å². The molecule has 0 spiro atoms. The van der Waals surface area contributed by atoms with Crippen LogP contribution in [0.15, 0.2) is 40.4 Å². The highest BCUT2D eigenvalue weighted by molar-refractivity contribution is 5.88. The van der Waals surface area contributed by atoms with Gasteiger partial charge in [0.1, 0.15) is 22.4 Å². The Bertz CT molecular complexity index is 1370. The molecule has 2 N–H and O–H groups in total. The smallest absolute Gasteiger partial charge is 0.220 e. The normalized spacial score (nSPS) is 17.1. The Kier molecular flexibility index (Phi) is 7.14. The fourth-order valence-corrected chi connectivity index (χ4v) is 3.94. The van der Waals surface area contributed by atoms with E-state index >= 15 is 4.39 Å². The summed E-state index contributed by atoms with van der Waals surface area (Å²) in [6.45, 7) is 0.361. The molecule has 2 unspecified atom stereocenters. The zero-order valence-electron chi connectivity index (χ0n) is 19.7. The standard InChI is InChI=1S/C24H26FN7O3/c1-27-11-14(10-26)19-12-28-17-5-6-21(30-18-8-16(34-2)9-20(35-3)23(18)25)32(24(17)31-19)13-15-4-7-22(33)29-15/h5-6,8-12,14-15,26H,4,7,13H2,1-3H3,(H,29,33). The number of amides is 1. The van der Waals surface area contributed by atoms with E-state index in [4.69, 9.17) is 19.9 Å². The molecule has 1 aliphatic heterocycles. The van der Waals surface area contributed by atoms with Crippen LogP contribution in [0.2, 0.25) is 0 Å². The molecule has 11 heteroatoms. The lowest BCUT2D eigenvalue weighted by atomic mass is 10.1. The van der Waals surface area contributed by atoms with E-state index < -0.39 is 11.7 Å². The minimum absolute atomic E-state index is 0.00764. The Morgan fingerprint density at radius 1 is 1.34 bits per heavy atom. The van der Waals surface area contributed by atoms with E-state index in [1.165, 1.54) is 32.6 Å². The van der Waals surface area contributed by atoms with Crippen molar-refractivity contribution in [1.82, 2.24) is 19.9 Å². The molecule has 3 aromatic rings. The van der Waals surface area contributed by atoms with E-state index in [1.807, 2.05) is 0 Å². The maximum Gasteiger partial charge on any atom is 0.220 e. The predicted molar refractivity (Wildman–Crippen MR) is 129 cm³/mol. The molecular weight excluding hydrogens is 453 g/mol. The van der Waals surface area contributed by atoms with Crippen molar-refractivity contribution in [2.45, 2.75) is 31.3 Å². The summed E-state index contributed by atoms with van der Waals surface area (Å²) >= 11 is 0. The summed E-state index contributed by atoms with van der Waals surface area (Å²) in [4.78, 5) is 29.7. The maximum atomic E-state index is 15.1. The minimum atomic E-state index is -0.628. The number of nitrogens with zero attached hydrogens (tertiary/aromatic N) is 5. The Morgan fingerprint density at radius 3 is 2.83 bits per heavy atom. The van der Waals surface area contributed by atoms with Crippen LogP contribution in [0.5, 0.6) is 11.5 Å². The SMILES string of the molecule is CN=CC(C=N)c1cnc2ccc(=Nc3cc(OC)cc(OC)c3F)n(CC3CCC(=O)N3)c2n1. The summed E-state index contributed by atoms with van der Waals surface area (Å²) in [5.41, 5.74) is 2.07. The zero-order chi connectivity index (χ0) is 24.9. The summed E-state index contributed by atoms with van der Waals surface area (Å²) in [5, 5.41) is 10.7. The highest BCUT2D eigenvalue weighted by Crippen LogP contribution is 2.32. The fourth-order valence-electron chi connectivity index (χ4n) is 3.94. The fraction of sp³-hybridized carbons (Fsp3) is 0.333. The molecule has 1 aliphatic rings. The largest absolute Gasteiger partial charge is 0.497 e. The molecule has 0 aliphatic carbocycles. The molecule has 2 atom stereocenters.